The van der Waals surface area contributed by atoms with Crippen molar-refractivity contribution in [2.75, 3.05) is 12.9 Å². The molecule has 0 spiro atoms. The van der Waals surface area contributed by atoms with Crippen molar-refractivity contribution in [3.8, 4) is 17.2 Å². The Bertz CT molecular complexity index is 859. The first-order chi connectivity index (χ1) is 12.2. The van der Waals surface area contributed by atoms with E-state index in [2.05, 4.69) is 15.5 Å². The fraction of sp³-hybridized carbons (Fsp3) is 0.235. The molecule has 130 valence electrons. The van der Waals surface area contributed by atoms with Gasteiger partial charge >= 0.3 is 0 Å². The number of nitrogens with one attached hydrogen (secondary N) is 1. The van der Waals surface area contributed by atoms with Gasteiger partial charge in [-0.05, 0) is 19.1 Å². The van der Waals surface area contributed by atoms with Crippen molar-refractivity contribution in [1.29, 1.82) is 0 Å². The maximum absolute atomic E-state index is 12.0. The number of carbonyl (C=O) groups is 1. The van der Waals surface area contributed by atoms with Crippen LogP contribution in [-0.4, -0.2) is 29.0 Å². The molecule has 0 unspecified atom stereocenters. The van der Waals surface area contributed by atoms with Crippen LogP contribution >= 0.6 is 11.8 Å². The molecular weight excluding hydrogens is 342 g/mol. The molecule has 3 aromatic rings. The van der Waals surface area contributed by atoms with E-state index in [-0.39, 0.29) is 11.7 Å². The molecule has 1 aromatic carbocycles. The van der Waals surface area contributed by atoms with Crippen LogP contribution in [0.15, 0.2) is 50.7 Å². The highest BCUT2D eigenvalue weighted by Crippen LogP contribution is 2.26. The molecule has 2 aromatic heterocycles. The number of hydrogen-bond donors (Lipinski definition) is 1. The number of methoxy groups -OCH3 is 1. The second-order valence-corrected chi connectivity index (χ2v) is 6.07. The summed E-state index contributed by atoms with van der Waals surface area (Å²) in [6.07, 6.45) is 1.56. The van der Waals surface area contributed by atoms with Crippen molar-refractivity contribution in [1.82, 2.24) is 15.5 Å². The third-order valence-corrected chi connectivity index (χ3v) is 4.31. The van der Waals surface area contributed by atoms with Gasteiger partial charge in [0.15, 0.2) is 0 Å². The summed E-state index contributed by atoms with van der Waals surface area (Å²) in [6.45, 7) is 2.21. The molecule has 3 rings (SSSR count). The van der Waals surface area contributed by atoms with E-state index >= 15 is 0 Å². The molecule has 0 fully saturated rings. The first-order valence-corrected chi connectivity index (χ1v) is 8.55. The second-order valence-electron chi connectivity index (χ2n) is 5.14. The second kappa shape index (κ2) is 7.89. The van der Waals surface area contributed by atoms with Crippen molar-refractivity contribution in [2.45, 2.75) is 18.7 Å². The van der Waals surface area contributed by atoms with Gasteiger partial charge in [-0.15, -0.1) is 10.2 Å². The van der Waals surface area contributed by atoms with Gasteiger partial charge in [0.1, 0.15) is 11.5 Å². The summed E-state index contributed by atoms with van der Waals surface area (Å²) in [5.41, 5.74) is 1.67. The summed E-state index contributed by atoms with van der Waals surface area (Å²) in [5.74, 6) is 1.88. The normalized spacial score (nSPS) is 10.6. The Kier molecular flexibility index (Phi) is 5.39. The molecule has 0 bridgehead atoms. The number of nitrogens with zero attached hydrogens (tertiary/aromatic N) is 2. The van der Waals surface area contributed by atoms with Crippen molar-refractivity contribution in [3.63, 3.8) is 0 Å². The number of aryl methyl sites for hydroxylation is 1. The van der Waals surface area contributed by atoms with E-state index in [4.69, 9.17) is 13.6 Å². The van der Waals surface area contributed by atoms with Crippen molar-refractivity contribution in [2.24, 2.45) is 0 Å². The predicted molar refractivity (Wildman–Crippen MR) is 92.3 cm³/mol. The average Bonchev–Trinajstić information content (AvgIpc) is 3.26. The predicted octanol–water partition coefficient (Wildman–Crippen LogP) is 3.06. The molecule has 0 atom stereocenters. The number of carbonyl (C=O) groups excluding carboxylic acids is 1. The van der Waals surface area contributed by atoms with Gasteiger partial charge in [-0.3, -0.25) is 4.79 Å². The minimum atomic E-state index is -0.129. The highest BCUT2D eigenvalue weighted by atomic mass is 32.2. The molecule has 1 N–H and O–H groups in total. The first kappa shape index (κ1) is 17.1. The van der Waals surface area contributed by atoms with Crippen LogP contribution in [0.4, 0.5) is 0 Å². The van der Waals surface area contributed by atoms with E-state index in [1.807, 2.05) is 31.2 Å². The molecule has 1 amide bonds. The number of hydrogen-bond acceptors (Lipinski definition) is 7. The first-order valence-electron chi connectivity index (χ1n) is 7.56. The van der Waals surface area contributed by atoms with E-state index in [0.717, 1.165) is 16.9 Å². The highest BCUT2D eigenvalue weighted by Gasteiger charge is 2.14. The van der Waals surface area contributed by atoms with Gasteiger partial charge in [-0.2, -0.15) is 0 Å². The Hall–Kier alpha value is -2.74. The molecule has 7 nitrogen and oxygen atoms in total. The summed E-state index contributed by atoms with van der Waals surface area (Å²) in [6, 6.07) is 9.31. The Morgan fingerprint density at radius 1 is 1.28 bits per heavy atom. The van der Waals surface area contributed by atoms with E-state index in [1.54, 1.807) is 19.4 Å². The summed E-state index contributed by atoms with van der Waals surface area (Å²) in [7, 11) is 1.60. The number of rotatable bonds is 7. The number of aromatic nitrogens is 2. The van der Waals surface area contributed by atoms with E-state index in [0.29, 0.717) is 23.4 Å². The van der Waals surface area contributed by atoms with Crippen molar-refractivity contribution in [3.05, 3.63) is 47.9 Å². The standard InChI is InChI=1S/C17H17N3O4S/c1-11-13(7-8-23-11)16-19-20-17(24-16)25-10-15(21)18-9-12-5-3-4-6-14(12)22-2/h3-8H,9-10H2,1-2H3,(H,18,21). The van der Waals surface area contributed by atoms with Gasteiger partial charge < -0.3 is 18.9 Å². The molecular formula is C17H17N3O4S. The lowest BCUT2D eigenvalue weighted by Gasteiger charge is -2.08. The number of para-hydroxylation sites is 1. The van der Waals surface area contributed by atoms with Crippen LogP contribution in [0.25, 0.3) is 11.5 Å². The zero-order valence-corrected chi connectivity index (χ0v) is 14.6. The molecule has 2 heterocycles. The SMILES string of the molecule is COc1ccccc1CNC(=O)CSc1nnc(-c2ccoc2C)o1. The Morgan fingerprint density at radius 2 is 2.12 bits per heavy atom. The molecule has 0 aliphatic carbocycles. The van der Waals surface area contributed by atoms with Crippen LogP contribution in [-0.2, 0) is 11.3 Å². The monoisotopic (exact) mass is 359 g/mol. The number of ether oxygens (including phenoxy) is 1. The number of furan rings is 1. The van der Waals surface area contributed by atoms with Crippen LogP contribution in [0.1, 0.15) is 11.3 Å². The van der Waals surface area contributed by atoms with Crippen LogP contribution in [0.3, 0.4) is 0 Å². The highest BCUT2D eigenvalue weighted by molar-refractivity contribution is 7.99. The minimum absolute atomic E-state index is 0.129. The van der Waals surface area contributed by atoms with Gasteiger partial charge in [0, 0.05) is 12.1 Å². The molecule has 0 aliphatic heterocycles. The average molecular weight is 359 g/mol. The number of benzene rings is 1. The minimum Gasteiger partial charge on any atom is -0.496 e. The molecule has 8 heteroatoms. The van der Waals surface area contributed by atoms with Gasteiger partial charge in [-0.25, -0.2) is 0 Å². The van der Waals surface area contributed by atoms with E-state index in [1.165, 1.54) is 11.8 Å². The van der Waals surface area contributed by atoms with Gasteiger partial charge in [0.05, 0.1) is 24.7 Å². The third kappa shape index (κ3) is 4.21. The van der Waals surface area contributed by atoms with Gasteiger partial charge in [-0.1, -0.05) is 30.0 Å². The fourth-order valence-electron chi connectivity index (χ4n) is 2.20. The van der Waals surface area contributed by atoms with E-state index < -0.39 is 0 Å². The largest absolute Gasteiger partial charge is 0.496 e. The maximum Gasteiger partial charge on any atom is 0.277 e. The molecule has 0 saturated carbocycles. The lowest BCUT2D eigenvalue weighted by atomic mass is 10.2. The van der Waals surface area contributed by atoms with Crippen LogP contribution in [0.2, 0.25) is 0 Å². The summed E-state index contributed by atoms with van der Waals surface area (Å²) >= 11 is 1.18. The smallest absolute Gasteiger partial charge is 0.277 e. The maximum atomic E-state index is 12.0. The summed E-state index contributed by atoms with van der Waals surface area (Å²) in [5, 5.41) is 11.1. The Labute approximate surface area is 148 Å². The van der Waals surface area contributed by atoms with Crippen LogP contribution < -0.4 is 10.1 Å². The zero-order chi connectivity index (χ0) is 17.6. The third-order valence-electron chi connectivity index (χ3n) is 3.49. The van der Waals surface area contributed by atoms with Gasteiger partial charge in [0.2, 0.25) is 5.91 Å². The number of amides is 1. The van der Waals surface area contributed by atoms with Crippen LogP contribution in [0.5, 0.6) is 5.75 Å². The van der Waals surface area contributed by atoms with Crippen molar-refractivity contribution < 1.29 is 18.4 Å². The lowest BCUT2D eigenvalue weighted by Crippen LogP contribution is -2.24. The van der Waals surface area contributed by atoms with E-state index in [9.17, 15) is 4.79 Å². The summed E-state index contributed by atoms with van der Waals surface area (Å²) in [4.78, 5) is 12.0. The molecule has 0 saturated heterocycles. The lowest BCUT2D eigenvalue weighted by molar-refractivity contribution is -0.118. The topological polar surface area (TPSA) is 90.4 Å². The fourth-order valence-corrected chi connectivity index (χ4v) is 2.80. The molecule has 0 aliphatic rings. The summed E-state index contributed by atoms with van der Waals surface area (Å²) < 4.78 is 16.0. The van der Waals surface area contributed by atoms with Crippen molar-refractivity contribution >= 4 is 17.7 Å². The zero-order valence-electron chi connectivity index (χ0n) is 13.8. The number of thioether (sulfide) groups is 1. The molecule has 25 heavy (non-hydrogen) atoms. The molecule has 0 radical (unpaired) electrons. The van der Waals surface area contributed by atoms with Crippen LogP contribution in [0, 0.1) is 6.92 Å². The Balaban J connectivity index is 1.51. The quantitative estimate of drug-likeness (QED) is 0.648. The Morgan fingerprint density at radius 3 is 2.88 bits per heavy atom. The van der Waals surface area contributed by atoms with Gasteiger partial charge in [0.25, 0.3) is 11.1 Å².